The molecule has 1 atom stereocenters. The first-order chi connectivity index (χ1) is 13.1. The van der Waals surface area contributed by atoms with E-state index in [0.29, 0.717) is 17.8 Å². The lowest BCUT2D eigenvalue weighted by atomic mass is 10.1. The molecule has 7 nitrogen and oxygen atoms in total. The van der Waals surface area contributed by atoms with E-state index in [1.165, 1.54) is 0 Å². The zero-order chi connectivity index (χ0) is 19.2. The van der Waals surface area contributed by atoms with Crippen LogP contribution in [0, 0.1) is 0 Å². The topological polar surface area (TPSA) is 88.9 Å². The van der Waals surface area contributed by atoms with Gasteiger partial charge in [0.2, 0.25) is 5.91 Å². The quantitative estimate of drug-likeness (QED) is 0.703. The minimum atomic E-state index is -0.653. The zero-order valence-electron chi connectivity index (χ0n) is 15.2. The number of rotatable bonds is 6. The van der Waals surface area contributed by atoms with Gasteiger partial charge < -0.3 is 10.6 Å². The van der Waals surface area contributed by atoms with Gasteiger partial charge in [-0.2, -0.15) is 5.10 Å². The summed E-state index contributed by atoms with van der Waals surface area (Å²) in [4.78, 5) is 28.9. The molecule has 1 aromatic carbocycles. The Hall–Kier alpha value is -3.48. The van der Waals surface area contributed by atoms with Gasteiger partial charge >= 0.3 is 0 Å². The molecule has 0 aliphatic heterocycles. The molecular weight excluding hydrogens is 342 g/mol. The van der Waals surface area contributed by atoms with E-state index in [-0.39, 0.29) is 11.8 Å². The Bertz CT molecular complexity index is 922. The fourth-order valence-electron chi connectivity index (χ4n) is 2.64. The lowest BCUT2D eigenvalue weighted by Gasteiger charge is -2.13. The summed E-state index contributed by atoms with van der Waals surface area (Å²) in [6.07, 6.45) is 4.98. The van der Waals surface area contributed by atoms with Gasteiger partial charge in [-0.1, -0.05) is 18.2 Å². The minimum Gasteiger partial charge on any atom is -0.355 e. The molecule has 0 aliphatic rings. The van der Waals surface area contributed by atoms with Gasteiger partial charge in [-0.15, -0.1) is 0 Å². The maximum atomic E-state index is 12.8. The van der Waals surface area contributed by atoms with Crippen LogP contribution in [0.3, 0.4) is 0 Å². The Labute approximate surface area is 157 Å². The molecule has 3 aromatic rings. The molecule has 0 fully saturated rings. The van der Waals surface area contributed by atoms with Crippen molar-refractivity contribution in [2.45, 2.75) is 19.9 Å². The van der Waals surface area contributed by atoms with Crippen LogP contribution >= 0.6 is 0 Å². The van der Waals surface area contributed by atoms with Gasteiger partial charge in [-0.05, 0) is 38.1 Å². The van der Waals surface area contributed by atoms with E-state index < -0.39 is 6.04 Å². The average Bonchev–Trinajstić information content (AvgIpc) is 3.15. The summed E-state index contributed by atoms with van der Waals surface area (Å²) < 4.78 is 1.65. The van der Waals surface area contributed by atoms with Crippen molar-refractivity contribution in [1.29, 1.82) is 0 Å². The van der Waals surface area contributed by atoms with Gasteiger partial charge in [-0.25, -0.2) is 4.68 Å². The summed E-state index contributed by atoms with van der Waals surface area (Å²) in [6, 6.07) is 12.5. The third-order valence-corrected chi connectivity index (χ3v) is 4.01. The van der Waals surface area contributed by atoms with Crippen LogP contribution in [0.25, 0.3) is 16.9 Å². The van der Waals surface area contributed by atoms with Crippen molar-refractivity contribution in [1.82, 2.24) is 25.4 Å². The Morgan fingerprint density at radius 3 is 2.59 bits per heavy atom. The average molecular weight is 363 g/mol. The number of benzene rings is 1. The Kier molecular flexibility index (Phi) is 5.61. The van der Waals surface area contributed by atoms with Gasteiger partial charge in [0.1, 0.15) is 11.7 Å². The number of hydrogen-bond donors (Lipinski definition) is 2. The molecule has 0 unspecified atom stereocenters. The lowest BCUT2D eigenvalue weighted by molar-refractivity contribution is -0.122. The smallest absolute Gasteiger partial charge is 0.255 e. The highest BCUT2D eigenvalue weighted by Crippen LogP contribution is 2.23. The van der Waals surface area contributed by atoms with E-state index in [1.54, 1.807) is 36.3 Å². The first-order valence-corrected chi connectivity index (χ1v) is 8.74. The highest BCUT2D eigenvalue weighted by atomic mass is 16.2. The highest BCUT2D eigenvalue weighted by molar-refractivity contribution is 6.01. The molecule has 138 valence electrons. The number of carbonyl (C=O) groups excluding carboxylic acids is 2. The van der Waals surface area contributed by atoms with Gasteiger partial charge in [-0.3, -0.25) is 14.6 Å². The normalized spacial score (nSPS) is 11.6. The van der Waals surface area contributed by atoms with E-state index in [1.807, 2.05) is 43.3 Å². The summed E-state index contributed by atoms with van der Waals surface area (Å²) in [7, 11) is 0. The number of nitrogens with one attached hydrogen (secondary N) is 2. The molecule has 27 heavy (non-hydrogen) atoms. The van der Waals surface area contributed by atoms with E-state index in [4.69, 9.17) is 0 Å². The Morgan fingerprint density at radius 2 is 1.93 bits per heavy atom. The van der Waals surface area contributed by atoms with Gasteiger partial charge in [0.25, 0.3) is 5.91 Å². The summed E-state index contributed by atoms with van der Waals surface area (Å²) in [5, 5.41) is 10.0. The van der Waals surface area contributed by atoms with Gasteiger partial charge in [0.15, 0.2) is 0 Å². The first kappa shape index (κ1) is 18.3. The Balaban J connectivity index is 1.96. The Morgan fingerprint density at radius 1 is 1.15 bits per heavy atom. The second-order valence-electron chi connectivity index (χ2n) is 6.00. The maximum Gasteiger partial charge on any atom is 0.255 e. The van der Waals surface area contributed by atoms with Crippen molar-refractivity contribution in [3.63, 3.8) is 0 Å². The fourth-order valence-corrected chi connectivity index (χ4v) is 2.64. The zero-order valence-corrected chi connectivity index (χ0v) is 15.2. The number of hydrogen-bond acceptors (Lipinski definition) is 4. The van der Waals surface area contributed by atoms with Crippen LogP contribution in [-0.4, -0.2) is 39.2 Å². The first-order valence-electron chi connectivity index (χ1n) is 8.74. The van der Waals surface area contributed by atoms with Crippen molar-refractivity contribution in [2.75, 3.05) is 6.54 Å². The third-order valence-electron chi connectivity index (χ3n) is 4.01. The molecule has 0 aliphatic carbocycles. The highest BCUT2D eigenvalue weighted by Gasteiger charge is 2.22. The van der Waals surface area contributed by atoms with E-state index in [0.717, 1.165) is 11.3 Å². The standard InChI is InChI=1S/C20H21N5O2/c1-3-22-19(26)14(2)23-20(27)17-13-25(16-9-5-4-6-10-16)24-18(17)15-8-7-11-21-12-15/h4-14H,3H2,1-2H3,(H,22,26)(H,23,27)/t14-/m1/s1. The molecule has 7 heteroatoms. The third kappa shape index (κ3) is 4.20. The number of nitrogens with zero attached hydrogens (tertiary/aromatic N) is 3. The van der Waals surface area contributed by atoms with Crippen molar-refractivity contribution >= 4 is 11.8 Å². The monoisotopic (exact) mass is 363 g/mol. The number of likely N-dealkylation sites (N-methyl/N-ethyl adjacent to an activating group) is 1. The van der Waals surface area contributed by atoms with Gasteiger partial charge in [0, 0.05) is 30.7 Å². The van der Waals surface area contributed by atoms with Crippen molar-refractivity contribution in [3.8, 4) is 16.9 Å². The lowest BCUT2D eigenvalue weighted by Crippen LogP contribution is -2.44. The molecule has 0 saturated heterocycles. The minimum absolute atomic E-state index is 0.232. The van der Waals surface area contributed by atoms with E-state index in [2.05, 4.69) is 20.7 Å². The van der Waals surface area contributed by atoms with Crippen molar-refractivity contribution in [3.05, 3.63) is 66.6 Å². The predicted molar refractivity (Wildman–Crippen MR) is 102 cm³/mol. The number of aromatic nitrogens is 3. The molecule has 0 saturated carbocycles. The summed E-state index contributed by atoms with van der Waals surface area (Å²) >= 11 is 0. The second kappa shape index (κ2) is 8.27. The molecule has 0 bridgehead atoms. The summed E-state index contributed by atoms with van der Waals surface area (Å²) in [5.74, 6) is -0.598. The van der Waals surface area contributed by atoms with Crippen LogP contribution in [0.5, 0.6) is 0 Å². The molecule has 3 rings (SSSR count). The fraction of sp³-hybridized carbons (Fsp3) is 0.200. The molecule has 0 spiro atoms. The molecule has 0 radical (unpaired) electrons. The van der Waals surface area contributed by atoms with Crippen molar-refractivity contribution in [2.24, 2.45) is 0 Å². The van der Waals surface area contributed by atoms with Crippen LogP contribution in [0.15, 0.2) is 61.1 Å². The van der Waals surface area contributed by atoms with Crippen LogP contribution < -0.4 is 10.6 Å². The largest absolute Gasteiger partial charge is 0.355 e. The van der Waals surface area contributed by atoms with Crippen LogP contribution in [0.2, 0.25) is 0 Å². The number of amides is 2. The molecule has 2 aromatic heterocycles. The number of pyridine rings is 1. The number of carbonyl (C=O) groups is 2. The van der Waals surface area contributed by atoms with Crippen LogP contribution in [-0.2, 0) is 4.79 Å². The van der Waals surface area contributed by atoms with Crippen LogP contribution in [0.4, 0.5) is 0 Å². The van der Waals surface area contributed by atoms with E-state index in [9.17, 15) is 9.59 Å². The predicted octanol–water partition coefficient (Wildman–Crippen LogP) is 2.19. The maximum absolute atomic E-state index is 12.8. The van der Waals surface area contributed by atoms with Crippen molar-refractivity contribution < 1.29 is 9.59 Å². The molecule has 2 N–H and O–H groups in total. The van der Waals surface area contributed by atoms with Gasteiger partial charge in [0.05, 0.1) is 11.3 Å². The van der Waals surface area contributed by atoms with E-state index >= 15 is 0 Å². The summed E-state index contributed by atoms with van der Waals surface area (Å²) in [5.41, 5.74) is 2.44. The van der Waals surface area contributed by atoms with Crippen LogP contribution in [0.1, 0.15) is 24.2 Å². The number of para-hydroxylation sites is 1. The molecule has 2 heterocycles. The molecule has 2 amide bonds. The summed E-state index contributed by atoms with van der Waals surface area (Å²) in [6.45, 7) is 3.98. The second-order valence-corrected chi connectivity index (χ2v) is 6.00. The molecular formula is C20H21N5O2. The SMILES string of the molecule is CCNC(=O)[C@@H](C)NC(=O)c1cn(-c2ccccc2)nc1-c1cccnc1.